The topological polar surface area (TPSA) is 100 Å². The molecule has 1 amide bonds. The van der Waals surface area contributed by atoms with Crippen molar-refractivity contribution in [3.8, 4) is 17.2 Å². The fourth-order valence-electron chi connectivity index (χ4n) is 3.10. The molecule has 0 aliphatic carbocycles. The number of amides is 1. The third kappa shape index (κ3) is 4.38. The molecule has 0 fully saturated rings. The average Bonchev–Trinajstić information content (AvgIpc) is 3.15. The van der Waals surface area contributed by atoms with Crippen LogP contribution in [0.2, 0.25) is 10.0 Å². The summed E-state index contributed by atoms with van der Waals surface area (Å²) < 4.78 is 20.6. The van der Waals surface area contributed by atoms with Crippen molar-refractivity contribution < 1.29 is 19.0 Å². The molecule has 9 heteroatoms. The predicted octanol–water partition coefficient (Wildman–Crippen LogP) is 5.62. The molecule has 0 unspecified atom stereocenters. The molecule has 0 aliphatic rings. The number of benzene rings is 3. The number of ether oxygens (including phenoxy) is 1. The van der Waals surface area contributed by atoms with Gasteiger partial charge in [0.2, 0.25) is 0 Å². The number of phenolic OH excluding ortho intramolecular Hbond substituents is 1. The Labute approximate surface area is 186 Å². The zero-order valence-corrected chi connectivity index (χ0v) is 17.4. The number of para-hydroxylation sites is 1. The van der Waals surface area contributed by atoms with E-state index in [-0.39, 0.29) is 40.1 Å². The first-order valence-electron chi connectivity index (χ1n) is 9.11. The summed E-state index contributed by atoms with van der Waals surface area (Å²) in [5, 5.41) is 13.6. The number of fused-ring (bicyclic) bond motifs is 1. The number of hydrogen-bond acceptors (Lipinski definition) is 4. The van der Waals surface area contributed by atoms with E-state index in [4.69, 9.17) is 33.7 Å². The first kappa shape index (κ1) is 20.8. The van der Waals surface area contributed by atoms with Crippen LogP contribution in [0.3, 0.4) is 0 Å². The van der Waals surface area contributed by atoms with Crippen LogP contribution in [0.1, 0.15) is 16.1 Å². The van der Waals surface area contributed by atoms with Gasteiger partial charge in [0.05, 0.1) is 10.5 Å². The van der Waals surface area contributed by atoms with Crippen LogP contribution in [0.5, 0.6) is 17.2 Å². The van der Waals surface area contributed by atoms with Crippen LogP contribution in [0.15, 0.2) is 54.6 Å². The molecule has 0 radical (unpaired) electrons. The summed E-state index contributed by atoms with van der Waals surface area (Å²) in [6.07, 6.45) is 0. The minimum atomic E-state index is -0.722. The Balaban J connectivity index is 1.54. The number of carbonyl (C=O) groups excluding carboxylic acids is 1. The number of nitrogens with one attached hydrogen (secondary N) is 2. The minimum Gasteiger partial charge on any atom is -0.506 e. The lowest BCUT2D eigenvalue weighted by molar-refractivity contribution is 0.0946. The maximum Gasteiger partial charge on any atom is 0.268 e. The summed E-state index contributed by atoms with van der Waals surface area (Å²) in [6, 6.07) is 14.0. The Hall–Kier alpha value is -3.42. The Morgan fingerprint density at radius 1 is 1.16 bits per heavy atom. The van der Waals surface area contributed by atoms with Crippen LogP contribution < -0.4 is 15.8 Å². The lowest BCUT2D eigenvalue weighted by atomic mass is 10.2. The highest BCUT2D eigenvalue weighted by molar-refractivity contribution is 6.32. The molecule has 0 saturated carbocycles. The van der Waals surface area contributed by atoms with Crippen LogP contribution in [-0.4, -0.2) is 16.0 Å². The van der Waals surface area contributed by atoms with E-state index in [0.29, 0.717) is 21.6 Å². The monoisotopic (exact) mass is 459 g/mol. The molecule has 0 aliphatic heterocycles. The summed E-state index contributed by atoms with van der Waals surface area (Å²) in [6.45, 7) is -0.114. The highest BCUT2D eigenvalue weighted by atomic mass is 35.5. The van der Waals surface area contributed by atoms with Gasteiger partial charge >= 0.3 is 0 Å². The molecule has 0 spiro atoms. The first-order valence-corrected chi connectivity index (χ1v) is 9.87. The second-order valence-electron chi connectivity index (χ2n) is 6.78. The van der Waals surface area contributed by atoms with Crippen LogP contribution >= 0.6 is 23.2 Å². The van der Waals surface area contributed by atoms with Gasteiger partial charge in [-0.05, 0) is 30.3 Å². The van der Waals surface area contributed by atoms with Gasteiger partial charge in [-0.2, -0.15) is 0 Å². The fourth-order valence-corrected chi connectivity index (χ4v) is 3.52. The molecule has 3 aromatic carbocycles. The van der Waals surface area contributed by atoms with E-state index >= 15 is 4.39 Å². The highest BCUT2D eigenvalue weighted by Gasteiger charge is 2.17. The maximum absolute atomic E-state index is 15.0. The van der Waals surface area contributed by atoms with Crippen molar-refractivity contribution in [3.63, 3.8) is 0 Å². The van der Waals surface area contributed by atoms with Gasteiger partial charge in [0.1, 0.15) is 17.2 Å². The molecular formula is C22H16Cl2FN3O3. The van der Waals surface area contributed by atoms with E-state index < -0.39 is 11.7 Å². The number of carbonyl (C=O) groups is 1. The van der Waals surface area contributed by atoms with E-state index in [1.165, 1.54) is 36.4 Å². The standard InChI is InChI=1S/C22H16Cl2FN3O3/c23-13-7-14(26)9-15(8-13)31-21-16(24)5-4-12(19(21)25)10-27-22(30)17-6-11-2-1-3-18(29)20(11)28-17/h1-9,28-29H,10,26H2,(H,27,30). The van der Waals surface area contributed by atoms with Crippen molar-refractivity contribution >= 4 is 45.7 Å². The van der Waals surface area contributed by atoms with Crippen LogP contribution in [0.25, 0.3) is 10.9 Å². The van der Waals surface area contributed by atoms with Gasteiger partial charge in [-0.3, -0.25) is 4.79 Å². The van der Waals surface area contributed by atoms with E-state index in [1.807, 2.05) is 0 Å². The zero-order chi connectivity index (χ0) is 22.1. The molecule has 4 rings (SSSR count). The molecule has 0 bridgehead atoms. The molecule has 31 heavy (non-hydrogen) atoms. The van der Waals surface area contributed by atoms with Gasteiger partial charge in [0.25, 0.3) is 5.91 Å². The van der Waals surface area contributed by atoms with Crippen LogP contribution in [-0.2, 0) is 6.54 Å². The number of aromatic nitrogens is 1. The third-order valence-corrected chi connectivity index (χ3v) is 5.08. The number of aromatic hydroxyl groups is 1. The molecular weight excluding hydrogens is 444 g/mol. The molecule has 5 N–H and O–H groups in total. The first-order chi connectivity index (χ1) is 14.8. The van der Waals surface area contributed by atoms with Crippen molar-refractivity contribution in [2.75, 3.05) is 5.73 Å². The van der Waals surface area contributed by atoms with Gasteiger partial charge < -0.3 is 25.9 Å². The second kappa shape index (κ2) is 8.37. The van der Waals surface area contributed by atoms with Gasteiger partial charge in [-0.1, -0.05) is 41.4 Å². The van der Waals surface area contributed by atoms with Crippen molar-refractivity contribution in [1.82, 2.24) is 10.3 Å². The van der Waals surface area contributed by atoms with E-state index in [1.54, 1.807) is 18.2 Å². The number of anilines is 1. The summed E-state index contributed by atoms with van der Waals surface area (Å²) >= 11 is 12.1. The zero-order valence-electron chi connectivity index (χ0n) is 15.9. The Kier molecular flexibility index (Phi) is 5.63. The van der Waals surface area contributed by atoms with E-state index in [2.05, 4.69) is 10.3 Å². The molecule has 1 heterocycles. The van der Waals surface area contributed by atoms with Crippen LogP contribution in [0, 0.1) is 5.82 Å². The van der Waals surface area contributed by atoms with Crippen LogP contribution in [0.4, 0.5) is 10.1 Å². The van der Waals surface area contributed by atoms with Gasteiger partial charge in [0.15, 0.2) is 11.6 Å². The van der Waals surface area contributed by atoms with Crippen molar-refractivity contribution in [1.29, 1.82) is 0 Å². The lowest BCUT2D eigenvalue weighted by Gasteiger charge is -2.13. The molecule has 1 aromatic heterocycles. The number of H-pyrrole nitrogens is 1. The van der Waals surface area contributed by atoms with E-state index in [0.717, 1.165) is 0 Å². The number of phenols is 1. The SMILES string of the molecule is Nc1cc(Cl)cc(Oc2c(Cl)ccc(CNC(=O)c3cc4cccc(O)c4[nH]3)c2F)c1. The number of aromatic amines is 1. The molecule has 0 saturated heterocycles. The van der Waals surface area contributed by atoms with Gasteiger partial charge in [0, 0.05) is 34.3 Å². The third-order valence-electron chi connectivity index (χ3n) is 4.56. The lowest BCUT2D eigenvalue weighted by Crippen LogP contribution is -2.23. The summed E-state index contributed by atoms with van der Waals surface area (Å²) in [5.41, 5.74) is 6.94. The normalized spacial score (nSPS) is 10.9. The molecule has 0 atom stereocenters. The Bertz CT molecular complexity index is 1290. The minimum absolute atomic E-state index is 0.0312. The van der Waals surface area contributed by atoms with Crippen molar-refractivity contribution in [2.45, 2.75) is 6.54 Å². The summed E-state index contributed by atoms with van der Waals surface area (Å²) in [7, 11) is 0. The largest absolute Gasteiger partial charge is 0.506 e. The predicted molar refractivity (Wildman–Crippen MR) is 118 cm³/mol. The van der Waals surface area contributed by atoms with Gasteiger partial charge in [-0.15, -0.1) is 0 Å². The summed E-state index contributed by atoms with van der Waals surface area (Å²) in [5.74, 6) is -1.13. The van der Waals surface area contributed by atoms with Crippen molar-refractivity contribution in [2.24, 2.45) is 0 Å². The second-order valence-corrected chi connectivity index (χ2v) is 7.62. The number of nitrogens with two attached hydrogens (primary N) is 1. The Morgan fingerprint density at radius 3 is 2.71 bits per heavy atom. The summed E-state index contributed by atoms with van der Waals surface area (Å²) in [4.78, 5) is 15.3. The molecule has 158 valence electrons. The highest BCUT2D eigenvalue weighted by Crippen LogP contribution is 2.35. The number of halogens is 3. The van der Waals surface area contributed by atoms with Crippen molar-refractivity contribution in [3.05, 3.63) is 81.7 Å². The average molecular weight is 460 g/mol. The van der Waals surface area contributed by atoms with E-state index in [9.17, 15) is 9.90 Å². The molecule has 4 aromatic rings. The molecule has 6 nitrogen and oxygen atoms in total. The smallest absolute Gasteiger partial charge is 0.268 e. The number of hydrogen-bond donors (Lipinski definition) is 4. The number of rotatable bonds is 5. The quantitative estimate of drug-likeness (QED) is 0.290. The fraction of sp³-hybridized carbons (Fsp3) is 0.0455. The van der Waals surface area contributed by atoms with Gasteiger partial charge in [-0.25, -0.2) is 4.39 Å². The number of nitrogen functional groups attached to an aromatic ring is 1. The Morgan fingerprint density at radius 2 is 1.97 bits per heavy atom. The maximum atomic E-state index is 15.0.